The van der Waals surface area contributed by atoms with Gasteiger partial charge in [0.2, 0.25) is 0 Å². The zero-order chi connectivity index (χ0) is 14.2. The molecule has 2 unspecified atom stereocenters. The van der Waals surface area contributed by atoms with Crippen LogP contribution in [0, 0.1) is 19.3 Å². The van der Waals surface area contributed by atoms with Crippen LogP contribution >= 0.6 is 0 Å². The highest BCUT2D eigenvalue weighted by molar-refractivity contribution is 5.96. The van der Waals surface area contributed by atoms with E-state index in [-0.39, 0.29) is 19.1 Å². The van der Waals surface area contributed by atoms with E-state index >= 15 is 0 Å². The third-order valence-corrected chi connectivity index (χ3v) is 3.54. The molecule has 0 aromatic carbocycles. The molecule has 1 aliphatic heterocycles. The number of carbonyl (C=O) groups excluding carboxylic acids is 1. The van der Waals surface area contributed by atoms with Gasteiger partial charge >= 0.3 is 5.97 Å². The number of nitrogens with one attached hydrogen (secondary N) is 1. The summed E-state index contributed by atoms with van der Waals surface area (Å²) in [7, 11) is 0. The van der Waals surface area contributed by atoms with E-state index < -0.39 is 17.4 Å². The van der Waals surface area contributed by atoms with Gasteiger partial charge in [-0.2, -0.15) is 0 Å². The first kappa shape index (κ1) is 13.6. The Morgan fingerprint density at radius 2 is 2.16 bits per heavy atom. The van der Waals surface area contributed by atoms with Gasteiger partial charge in [-0.1, -0.05) is 0 Å². The zero-order valence-corrected chi connectivity index (χ0v) is 11.1. The molecule has 0 saturated carbocycles. The molecule has 1 aromatic heterocycles. The lowest BCUT2D eigenvalue weighted by Gasteiger charge is -2.25. The number of hydrogen-bond donors (Lipinski definition) is 2. The monoisotopic (exact) mass is 267 g/mol. The lowest BCUT2D eigenvalue weighted by molar-refractivity contribution is -0.148. The Bertz CT molecular complexity index is 521. The number of carbonyl (C=O) groups is 2. The van der Waals surface area contributed by atoms with Crippen molar-refractivity contribution in [1.82, 2.24) is 5.32 Å². The van der Waals surface area contributed by atoms with E-state index in [1.165, 1.54) is 0 Å². The third-order valence-electron chi connectivity index (χ3n) is 3.54. The maximum Gasteiger partial charge on any atom is 0.313 e. The molecule has 2 rings (SSSR count). The highest BCUT2D eigenvalue weighted by atomic mass is 16.5. The van der Waals surface area contributed by atoms with Crippen LogP contribution in [0.5, 0.6) is 0 Å². The molecule has 2 N–H and O–H groups in total. The van der Waals surface area contributed by atoms with Gasteiger partial charge in [-0.05, 0) is 26.8 Å². The van der Waals surface area contributed by atoms with Crippen molar-refractivity contribution >= 4 is 11.9 Å². The molecule has 1 saturated heterocycles. The topological polar surface area (TPSA) is 88.8 Å². The molecule has 1 fully saturated rings. The van der Waals surface area contributed by atoms with Crippen LogP contribution in [0.2, 0.25) is 0 Å². The summed E-state index contributed by atoms with van der Waals surface area (Å²) in [4.78, 5) is 23.4. The number of carboxylic acid groups (broad SMARTS) is 1. The summed E-state index contributed by atoms with van der Waals surface area (Å²) < 4.78 is 10.5. The summed E-state index contributed by atoms with van der Waals surface area (Å²) >= 11 is 0. The lowest BCUT2D eigenvalue weighted by atomic mass is 9.85. The Balaban J connectivity index is 2.15. The van der Waals surface area contributed by atoms with Crippen LogP contribution in [0.1, 0.15) is 28.8 Å². The van der Waals surface area contributed by atoms with E-state index in [1.54, 1.807) is 26.8 Å². The van der Waals surface area contributed by atoms with Gasteiger partial charge in [0, 0.05) is 0 Å². The zero-order valence-electron chi connectivity index (χ0n) is 11.1. The van der Waals surface area contributed by atoms with Crippen LogP contribution in [0.4, 0.5) is 0 Å². The van der Waals surface area contributed by atoms with Crippen molar-refractivity contribution in [3.63, 3.8) is 0 Å². The van der Waals surface area contributed by atoms with Crippen molar-refractivity contribution in [3.05, 3.63) is 23.2 Å². The first-order valence-electron chi connectivity index (χ1n) is 6.03. The van der Waals surface area contributed by atoms with Gasteiger partial charge in [0.05, 0.1) is 24.8 Å². The molecular formula is C13H17NO5. The fraction of sp³-hybridized carbons (Fsp3) is 0.538. The van der Waals surface area contributed by atoms with Crippen LogP contribution in [0.15, 0.2) is 10.5 Å². The van der Waals surface area contributed by atoms with Crippen molar-refractivity contribution < 1.29 is 23.8 Å². The molecule has 1 aliphatic rings. The summed E-state index contributed by atoms with van der Waals surface area (Å²) in [6.07, 6.45) is 0. The molecule has 19 heavy (non-hydrogen) atoms. The van der Waals surface area contributed by atoms with Crippen molar-refractivity contribution in [2.24, 2.45) is 5.41 Å². The molecule has 2 atom stereocenters. The maximum atomic E-state index is 12.1. The Hall–Kier alpha value is -1.82. The Kier molecular flexibility index (Phi) is 3.36. The summed E-state index contributed by atoms with van der Waals surface area (Å²) in [5, 5.41) is 12.0. The fourth-order valence-electron chi connectivity index (χ4n) is 2.18. The quantitative estimate of drug-likeness (QED) is 0.856. The summed E-state index contributed by atoms with van der Waals surface area (Å²) in [6, 6.07) is 1.09. The molecule has 1 aromatic rings. The molecule has 0 bridgehead atoms. The Labute approximate surface area is 110 Å². The maximum absolute atomic E-state index is 12.1. The molecular weight excluding hydrogens is 250 g/mol. The summed E-state index contributed by atoms with van der Waals surface area (Å²) in [5.41, 5.74) is -0.667. The minimum Gasteiger partial charge on any atom is -0.481 e. The molecule has 0 radical (unpaired) electrons. The van der Waals surface area contributed by atoms with Crippen LogP contribution < -0.4 is 5.32 Å². The number of carboxylic acids is 1. The second-order valence-electron chi connectivity index (χ2n) is 5.09. The molecule has 0 spiro atoms. The van der Waals surface area contributed by atoms with Crippen molar-refractivity contribution in [2.45, 2.75) is 26.8 Å². The van der Waals surface area contributed by atoms with Crippen molar-refractivity contribution in [3.8, 4) is 0 Å². The van der Waals surface area contributed by atoms with E-state index in [1.807, 2.05) is 0 Å². The second-order valence-corrected chi connectivity index (χ2v) is 5.09. The number of aryl methyl sites for hydroxylation is 2. The van der Waals surface area contributed by atoms with Gasteiger partial charge in [-0.25, -0.2) is 0 Å². The van der Waals surface area contributed by atoms with E-state index in [2.05, 4.69) is 5.32 Å². The smallest absolute Gasteiger partial charge is 0.313 e. The van der Waals surface area contributed by atoms with E-state index in [4.69, 9.17) is 9.15 Å². The second kappa shape index (κ2) is 4.70. The largest absolute Gasteiger partial charge is 0.481 e. The number of rotatable bonds is 3. The standard InChI is InChI=1S/C13H17NO5/c1-7-4-9(8(2)19-7)11(15)14-10-5-18-6-13(10,3)12(16)17/h4,10H,5-6H2,1-3H3,(H,14,15)(H,16,17). The SMILES string of the molecule is Cc1cc(C(=O)NC2COCC2(C)C(=O)O)c(C)o1. The van der Waals surface area contributed by atoms with Crippen molar-refractivity contribution in [2.75, 3.05) is 13.2 Å². The van der Waals surface area contributed by atoms with Crippen molar-refractivity contribution in [1.29, 1.82) is 0 Å². The molecule has 0 aliphatic carbocycles. The highest BCUT2D eigenvalue weighted by Crippen LogP contribution is 2.29. The third kappa shape index (κ3) is 2.35. The Morgan fingerprint density at radius 3 is 2.68 bits per heavy atom. The first-order valence-corrected chi connectivity index (χ1v) is 6.03. The molecule has 104 valence electrons. The van der Waals surface area contributed by atoms with Crippen LogP contribution in [0.3, 0.4) is 0 Å². The number of hydrogen-bond acceptors (Lipinski definition) is 4. The average Bonchev–Trinajstić information content (AvgIpc) is 2.84. The van der Waals surface area contributed by atoms with Crippen LogP contribution in [-0.2, 0) is 9.53 Å². The average molecular weight is 267 g/mol. The van der Waals surface area contributed by atoms with E-state index in [0.29, 0.717) is 17.1 Å². The van der Waals surface area contributed by atoms with Gasteiger partial charge in [0.1, 0.15) is 16.9 Å². The summed E-state index contributed by atoms with van der Waals surface area (Å²) in [6.45, 7) is 5.31. The Morgan fingerprint density at radius 1 is 1.47 bits per heavy atom. The van der Waals surface area contributed by atoms with E-state index in [9.17, 15) is 14.7 Å². The highest BCUT2D eigenvalue weighted by Gasteiger charge is 2.47. The lowest BCUT2D eigenvalue weighted by Crippen LogP contribution is -2.49. The predicted molar refractivity (Wildman–Crippen MR) is 66.0 cm³/mol. The van der Waals surface area contributed by atoms with Gasteiger partial charge in [-0.3, -0.25) is 9.59 Å². The minimum atomic E-state index is -1.09. The number of amides is 1. The first-order chi connectivity index (χ1) is 8.84. The van der Waals surface area contributed by atoms with Gasteiger partial charge in [0.25, 0.3) is 5.91 Å². The minimum absolute atomic E-state index is 0.0939. The van der Waals surface area contributed by atoms with Gasteiger partial charge in [0.15, 0.2) is 0 Å². The fourth-order valence-corrected chi connectivity index (χ4v) is 2.18. The number of ether oxygens (including phenoxy) is 1. The number of furan rings is 1. The van der Waals surface area contributed by atoms with E-state index in [0.717, 1.165) is 0 Å². The summed E-state index contributed by atoms with van der Waals surface area (Å²) in [5.74, 6) is -0.148. The predicted octanol–water partition coefficient (Wildman–Crippen LogP) is 1.12. The van der Waals surface area contributed by atoms with Gasteiger partial charge in [-0.15, -0.1) is 0 Å². The molecule has 1 amide bonds. The normalized spacial score (nSPS) is 26.4. The van der Waals surface area contributed by atoms with Crippen LogP contribution in [0.25, 0.3) is 0 Å². The molecule has 6 heteroatoms. The molecule has 6 nitrogen and oxygen atoms in total. The molecule has 2 heterocycles. The van der Waals surface area contributed by atoms with Crippen LogP contribution in [-0.4, -0.2) is 36.2 Å². The number of aliphatic carboxylic acids is 1. The van der Waals surface area contributed by atoms with Gasteiger partial charge < -0.3 is 19.6 Å².